The highest BCUT2D eigenvalue weighted by molar-refractivity contribution is 9.10. The molecule has 0 aliphatic heterocycles. The number of nitrogens with zero attached hydrogens (tertiary/aromatic N) is 1. The van der Waals surface area contributed by atoms with E-state index >= 15 is 0 Å². The minimum absolute atomic E-state index is 0.120. The summed E-state index contributed by atoms with van der Waals surface area (Å²) >= 11 is 3.16. The number of hydrogen-bond acceptors (Lipinski definition) is 3. The van der Waals surface area contributed by atoms with Gasteiger partial charge in [-0.1, -0.05) is 0 Å². The third-order valence-electron chi connectivity index (χ3n) is 2.26. The number of carbonyl (C=O) groups is 1. The molecule has 0 N–H and O–H groups in total. The van der Waals surface area contributed by atoms with Crippen molar-refractivity contribution < 1.29 is 9.21 Å². The van der Waals surface area contributed by atoms with Crippen molar-refractivity contribution in [3.63, 3.8) is 0 Å². The molecular weight excluding hydrogens is 234 g/mol. The fraction of sp³-hybridized carbons (Fsp3) is 0.333. The highest BCUT2D eigenvalue weighted by atomic mass is 79.9. The maximum absolute atomic E-state index is 10.8. The Labute approximate surface area is 83.5 Å². The van der Waals surface area contributed by atoms with E-state index in [1.807, 2.05) is 0 Å². The van der Waals surface area contributed by atoms with E-state index in [2.05, 4.69) is 22.0 Å². The van der Waals surface area contributed by atoms with Crippen LogP contribution in [0.4, 0.5) is 0 Å². The number of furan rings is 1. The zero-order valence-electron chi connectivity index (χ0n) is 6.71. The van der Waals surface area contributed by atoms with Crippen molar-refractivity contribution in [2.75, 3.05) is 0 Å². The first kappa shape index (κ1) is 8.52. The molecule has 4 heteroatoms. The van der Waals surface area contributed by atoms with E-state index in [0.29, 0.717) is 10.4 Å². The molecule has 0 unspecified atom stereocenters. The Hall–Kier alpha value is -1.08. The summed E-state index contributed by atoms with van der Waals surface area (Å²) in [5, 5.41) is 8.94. The van der Waals surface area contributed by atoms with Gasteiger partial charge in [-0.25, -0.2) is 0 Å². The van der Waals surface area contributed by atoms with Crippen LogP contribution in [0.2, 0.25) is 0 Å². The monoisotopic (exact) mass is 239 g/mol. The van der Waals surface area contributed by atoms with Crippen LogP contribution in [0.25, 0.3) is 0 Å². The van der Waals surface area contributed by atoms with Crippen LogP contribution in [0.1, 0.15) is 18.6 Å². The highest BCUT2D eigenvalue weighted by Crippen LogP contribution is 2.41. The normalized spacial score (nSPS) is 19.2. The van der Waals surface area contributed by atoms with Crippen LogP contribution in [-0.4, -0.2) is 5.78 Å². The Bertz CT molecular complexity index is 394. The van der Waals surface area contributed by atoms with Gasteiger partial charge in [0.25, 0.3) is 0 Å². The molecule has 0 radical (unpaired) electrons. The fourth-order valence-electron chi connectivity index (χ4n) is 1.50. The summed E-state index contributed by atoms with van der Waals surface area (Å²) in [6.45, 7) is 0. The van der Waals surface area contributed by atoms with E-state index < -0.39 is 5.41 Å². The van der Waals surface area contributed by atoms with Gasteiger partial charge >= 0.3 is 0 Å². The molecule has 0 amide bonds. The first-order chi connectivity index (χ1) is 6.16. The van der Waals surface area contributed by atoms with E-state index in [-0.39, 0.29) is 18.6 Å². The molecule has 0 atom stereocenters. The molecule has 1 aromatic rings. The molecule has 0 saturated heterocycles. The number of hydrogen-bond donors (Lipinski definition) is 0. The molecule has 1 aromatic heterocycles. The van der Waals surface area contributed by atoms with Gasteiger partial charge in [0, 0.05) is 12.8 Å². The number of carbonyl (C=O) groups excluding carboxylic acids is 1. The van der Waals surface area contributed by atoms with Crippen molar-refractivity contribution in [1.82, 2.24) is 0 Å². The topological polar surface area (TPSA) is 54.0 Å². The maximum Gasteiger partial charge on any atom is 0.169 e. The van der Waals surface area contributed by atoms with Gasteiger partial charge < -0.3 is 4.42 Å². The average molecular weight is 240 g/mol. The molecule has 2 rings (SSSR count). The Morgan fingerprint density at radius 2 is 2.23 bits per heavy atom. The van der Waals surface area contributed by atoms with Crippen LogP contribution in [0.5, 0.6) is 0 Å². The van der Waals surface area contributed by atoms with Gasteiger partial charge in [-0.15, -0.1) is 0 Å². The quantitative estimate of drug-likeness (QED) is 0.755. The lowest BCUT2D eigenvalue weighted by Gasteiger charge is -2.31. The first-order valence-electron chi connectivity index (χ1n) is 3.85. The van der Waals surface area contributed by atoms with Crippen molar-refractivity contribution in [1.29, 1.82) is 5.26 Å². The number of ketones is 1. The summed E-state index contributed by atoms with van der Waals surface area (Å²) in [6.07, 6.45) is 0.562. The molecule has 0 spiro atoms. The molecule has 0 aromatic carbocycles. The molecule has 1 aliphatic rings. The third kappa shape index (κ3) is 1.20. The smallest absolute Gasteiger partial charge is 0.169 e. The van der Waals surface area contributed by atoms with Gasteiger partial charge in [0.05, 0.1) is 6.07 Å². The lowest BCUT2D eigenvalue weighted by molar-refractivity contribution is -0.127. The standard InChI is InChI=1S/C9H6BrNO2/c10-8-2-1-7(13-8)9(5-11)3-6(12)4-9/h1-2H,3-4H2. The predicted molar refractivity (Wildman–Crippen MR) is 47.9 cm³/mol. The van der Waals surface area contributed by atoms with E-state index in [1.54, 1.807) is 12.1 Å². The van der Waals surface area contributed by atoms with Gasteiger partial charge in [0.2, 0.25) is 0 Å². The Morgan fingerprint density at radius 3 is 2.62 bits per heavy atom. The summed E-state index contributed by atoms with van der Waals surface area (Å²) < 4.78 is 5.87. The van der Waals surface area contributed by atoms with E-state index in [9.17, 15) is 4.79 Å². The van der Waals surface area contributed by atoms with Crippen LogP contribution in [-0.2, 0) is 10.2 Å². The molecule has 0 bridgehead atoms. The maximum atomic E-state index is 10.8. The van der Waals surface area contributed by atoms with Crippen molar-refractivity contribution in [2.45, 2.75) is 18.3 Å². The lowest BCUT2D eigenvalue weighted by Crippen LogP contribution is -2.39. The highest BCUT2D eigenvalue weighted by Gasteiger charge is 2.48. The summed E-state index contributed by atoms with van der Waals surface area (Å²) in [7, 11) is 0. The van der Waals surface area contributed by atoms with Gasteiger partial charge in [-0.2, -0.15) is 5.26 Å². The molecule has 1 saturated carbocycles. The summed E-state index contributed by atoms with van der Waals surface area (Å²) in [5.41, 5.74) is -0.691. The zero-order valence-corrected chi connectivity index (χ0v) is 8.30. The zero-order chi connectivity index (χ0) is 9.47. The van der Waals surface area contributed by atoms with Crippen LogP contribution < -0.4 is 0 Å². The summed E-state index contributed by atoms with van der Waals surface area (Å²) in [4.78, 5) is 10.8. The largest absolute Gasteiger partial charge is 0.453 e. The molecule has 13 heavy (non-hydrogen) atoms. The van der Waals surface area contributed by atoms with Gasteiger partial charge in [-0.3, -0.25) is 4.79 Å². The Balaban J connectivity index is 2.35. The second-order valence-corrected chi connectivity index (χ2v) is 3.97. The van der Waals surface area contributed by atoms with Crippen LogP contribution in [0.15, 0.2) is 21.2 Å². The molecule has 66 valence electrons. The SMILES string of the molecule is N#CC1(c2ccc(Br)o2)CC(=O)C1. The Kier molecular flexibility index (Phi) is 1.77. The molecule has 1 aliphatic carbocycles. The second kappa shape index (κ2) is 2.71. The predicted octanol–water partition coefficient (Wildman–Crippen LogP) is 2.17. The Morgan fingerprint density at radius 1 is 1.54 bits per heavy atom. The van der Waals surface area contributed by atoms with Crippen molar-refractivity contribution >= 4 is 21.7 Å². The van der Waals surface area contributed by atoms with E-state index in [0.717, 1.165) is 0 Å². The number of halogens is 1. The number of nitriles is 1. The van der Waals surface area contributed by atoms with E-state index in [1.165, 1.54) is 0 Å². The second-order valence-electron chi connectivity index (χ2n) is 3.19. The van der Waals surface area contributed by atoms with Crippen LogP contribution in [0, 0.1) is 11.3 Å². The average Bonchev–Trinajstić information content (AvgIpc) is 2.46. The van der Waals surface area contributed by atoms with Crippen molar-refractivity contribution in [3.05, 3.63) is 22.6 Å². The molecule has 1 heterocycles. The summed E-state index contributed by atoms with van der Waals surface area (Å²) in [6, 6.07) is 5.61. The van der Waals surface area contributed by atoms with E-state index in [4.69, 9.17) is 9.68 Å². The van der Waals surface area contributed by atoms with Gasteiger partial charge in [0.1, 0.15) is 17.0 Å². The summed E-state index contributed by atoms with van der Waals surface area (Å²) in [5.74, 6) is 0.704. The molecule has 1 fully saturated rings. The third-order valence-corrected chi connectivity index (χ3v) is 2.68. The van der Waals surface area contributed by atoms with Gasteiger partial charge in [-0.05, 0) is 28.1 Å². The number of rotatable bonds is 1. The minimum Gasteiger partial charge on any atom is -0.453 e. The fourth-order valence-corrected chi connectivity index (χ4v) is 1.81. The molecular formula is C9H6BrNO2. The van der Waals surface area contributed by atoms with Crippen molar-refractivity contribution in [2.24, 2.45) is 0 Å². The molecule has 3 nitrogen and oxygen atoms in total. The minimum atomic E-state index is -0.691. The lowest BCUT2D eigenvalue weighted by atomic mass is 9.67. The van der Waals surface area contributed by atoms with Gasteiger partial charge in [0.15, 0.2) is 4.67 Å². The van der Waals surface area contributed by atoms with Crippen LogP contribution in [0.3, 0.4) is 0 Å². The van der Waals surface area contributed by atoms with Crippen molar-refractivity contribution in [3.8, 4) is 6.07 Å². The first-order valence-corrected chi connectivity index (χ1v) is 4.64. The van der Waals surface area contributed by atoms with Crippen LogP contribution >= 0.6 is 15.9 Å². The number of Topliss-reactive ketones (excluding diaryl/α,β-unsaturated/α-hetero) is 1.